The highest BCUT2D eigenvalue weighted by Gasteiger charge is 2.31. The molecule has 8 heteroatoms. The van der Waals surface area contributed by atoms with Crippen LogP contribution in [0.5, 0.6) is 5.75 Å². The maximum absolute atomic E-state index is 13.8. The van der Waals surface area contributed by atoms with Crippen molar-refractivity contribution in [3.8, 4) is 5.75 Å². The van der Waals surface area contributed by atoms with Gasteiger partial charge in [0.15, 0.2) is 0 Å². The van der Waals surface area contributed by atoms with Gasteiger partial charge in [-0.1, -0.05) is 28.1 Å². The van der Waals surface area contributed by atoms with E-state index in [0.717, 1.165) is 24.3 Å². The predicted octanol–water partition coefficient (Wildman–Crippen LogP) is 4.67. The maximum atomic E-state index is 13.8. The zero-order chi connectivity index (χ0) is 16.5. The first-order valence-electron chi connectivity index (χ1n) is 5.93. The van der Waals surface area contributed by atoms with Gasteiger partial charge in [-0.3, -0.25) is 0 Å². The van der Waals surface area contributed by atoms with Gasteiger partial charge in [0.2, 0.25) is 0 Å². The summed E-state index contributed by atoms with van der Waals surface area (Å²) in [7, 11) is 0. The van der Waals surface area contributed by atoms with Crippen molar-refractivity contribution in [2.45, 2.75) is 12.4 Å². The average Bonchev–Trinajstić information content (AvgIpc) is 2.36. The molecule has 2 N–H and O–H groups in total. The van der Waals surface area contributed by atoms with Crippen LogP contribution in [0.2, 0.25) is 0 Å². The second-order valence-electron chi connectivity index (χ2n) is 4.38. The molecule has 2 aromatic rings. The number of benzene rings is 2. The first kappa shape index (κ1) is 16.7. The van der Waals surface area contributed by atoms with Crippen molar-refractivity contribution < 1.29 is 26.7 Å². The Morgan fingerprint density at radius 3 is 1.95 bits per heavy atom. The van der Waals surface area contributed by atoms with E-state index in [9.17, 15) is 22.0 Å². The molecule has 0 saturated carbocycles. The Morgan fingerprint density at radius 1 is 1.00 bits per heavy atom. The van der Waals surface area contributed by atoms with Crippen LogP contribution in [0.4, 0.5) is 22.0 Å². The second-order valence-corrected chi connectivity index (χ2v) is 5.29. The molecule has 0 aliphatic carbocycles. The van der Waals surface area contributed by atoms with Gasteiger partial charge in [0.25, 0.3) is 0 Å². The lowest BCUT2D eigenvalue weighted by Crippen LogP contribution is -2.18. The molecule has 0 heterocycles. The molecule has 0 saturated heterocycles. The Hall–Kier alpha value is -1.67. The van der Waals surface area contributed by atoms with Crippen LogP contribution >= 0.6 is 15.9 Å². The first-order valence-corrected chi connectivity index (χ1v) is 6.72. The Kier molecular flexibility index (Phi) is 4.72. The van der Waals surface area contributed by atoms with Crippen LogP contribution in [0.25, 0.3) is 0 Å². The molecule has 0 bridgehead atoms. The van der Waals surface area contributed by atoms with Crippen molar-refractivity contribution in [2.24, 2.45) is 5.73 Å². The highest BCUT2D eigenvalue weighted by atomic mass is 79.9. The Morgan fingerprint density at radius 2 is 1.50 bits per heavy atom. The van der Waals surface area contributed by atoms with E-state index in [1.54, 1.807) is 0 Å². The minimum Gasteiger partial charge on any atom is -0.406 e. The van der Waals surface area contributed by atoms with E-state index < -0.39 is 29.8 Å². The van der Waals surface area contributed by atoms with Gasteiger partial charge in [0, 0.05) is 10.0 Å². The minimum atomic E-state index is -4.81. The summed E-state index contributed by atoms with van der Waals surface area (Å²) >= 11 is 2.95. The fourth-order valence-corrected chi connectivity index (χ4v) is 2.30. The van der Waals surface area contributed by atoms with Crippen molar-refractivity contribution in [1.82, 2.24) is 0 Å². The van der Waals surface area contributed by atoms with E-state index in [1.165, 1.54) is 12.1 Å². The van der Waals surface area contributed by atoms with E-state index in [2.05, 4.69) is 20.7 Å². The third kappa shape index (κ3) is 3.95. The smallest absolute Gasteiger partial charge is 0.406 e. The Balaban J connectivity index is 2.29. The quantitative estimate of drug-likeness (QED) is 0.783. The molecule has 22 heavy (non-hydrogen) atoms. The van der Waals surface area contributed by atoms with Crippen LogP contribution in [0.3, 0.4) is 0 Å². The fraction of sp³-hybridized carbons (Fsp3) is 0.143. The normalized spacial score (nSPS) is 13.0. The predicted molar refractivity (Wildman–Crippen MR) is 73.2 cm³/mol. The lowest BCUT2D eigenvalue weighted by atomic mass is 9.98. The van der Waals surface area contributed by atoms with Gasteiger partial charge in [-0.2, -0.15) is 0 Å². The number of hydrogen-bond acceptors (Lipinski definition) is 2. The number of ether oxygens (including phenoxy) is 1. The number of nitrogens with two attached hydrogens (primary N) is 1. The van der Waals surface area contributed by atoms with Crippen molar-refractivity contribution >= 4 is 15.9 Å². The van der Waals surface area contributed by atoms with Crippen molar-refractivity contribution in [3.63, 3.8) is 0 Å². The summed E-state index contributed by atoms with van der Waals surface area (Å²) < 4.78 is 67.8. The zero-order valence-electron chi connectivity index (χ0n) is 10.8. The molecular weight excluding hydrogens is 373 g/mol. The number of alkyl halides is 3. The van der Waals surface area contributed by atoms with E-state index >= 15 is 0 Å². The molecule has 1 atom stereocenters. The molecule has 0 aliphatic heterocycles. The van der Waals surface area contributed by atoms with Gasteiger partial charge in [-0.15, -0.1) is 13.2 Å². The molecule has 2 nitrogen and oxygen atoms in total. The van der Waals surface area contributed by atoms with Crippen molar-refractivity contribution in [1.29, 1.82) is 0 Å². The zero-order valence-corrected chi connectivity index (χ0v) is 12.4. The van der Waals surface area contributed by atoms with Crippen LogP contribution in [0.15, 0.2) is 40.9 Å². The molecule has 0 fully saturated rings. The average molecular weight is 382 g/mol. The molecule has 0 aliphatic rings. The van der Waals surface area contributed by atoms with Gasteiger partial charge in [0.1, 0.15) is 17.4 Å². The monoisotopic (exact) mass is 381 g/mol. The number of hydrogen-bond donors (Lipinski definition) is 1. The van der Waals surface area contributed by atoms with Crippen LogP contribution in [0, 0.1) is 11.6 Å². The fourth-order valence-electron chi connectivity index (χ4n) is 1.89. The molecule has 0 spiro atoms. The van der Waals surface area contributed by atoms with Crippen molar-refractivity contribution in [3.05, 3.63) is 63.6 Å². The molecule has 118 valence electrons. The van der Waals surface area contributed by atoms with Crippen LogP contribution in [0.1, 0.15) is 17.2 Å². The molecule has 0 amide bonds. The SMILES string of the molecule is N[C@H](c1ccc(OC(F)(F)F)cc1)c1c(F)cc(Br)cc1F. The van der Waals surface area contributed by atoms with Gasteiger partial charge in [-0.25, -0.2) is 8.78 Å². The highest BCUT2D eigenvalue weighted by molar-refractivity contribution is 9.10. The summed E-state index contributed by atoms with van der Waals surface area (Å²) in [5.41, 5.74) is 5.66. The van der Waals surface area contributed by atoms with Gasteiger partial charge >= 0.3 is 6.36 Å². The Bertz CT molecular complexity index is 649. The minimum absolute atomic E-state index is 0.215. The van der Waals surface area contributed by atoms with Crippen LogP contribution < -0.4 is 10.5 Å². The Labute approximate surface area is 130 Å². The summed E-state index contributed by atoms with van der Waals surface area (Å²) in [5.74, 6) is -2.15. The third-order valence-corrected chi connectivity index (χ3v) is 3.29. The lowest BCUT2D eigenvalue weighted by molar-refractivity contribution is -0.274. The summed E-state index contributed by atoms with van der Waals surface area (Å²) in [5, 5.41) is 0. The van der Waals surface area contributed by atoms with Gasteiger partial charge in [-0.05, 0) is 29.8 Å². The van der Waals surface area contributed by atoms with E-state index in [0.29, 0.717) is 0 Å². The first-order chi connectivity index (χ1) is 10.2. The molecule has 0 aromatic heterocycles. The largest absolute Gasteiger partial charge is 0.573 e. The second kappa shape index (κ2) is 6.21. The molecular formula is C14H9BrF5NO. The number of rotatable bonds is 3. The van der Waals surface area contributed by atoms with Gasteiger partial charge in [0.05, 0.1) is 6.04 Å². The molecule has 0 radical (unpaired) electrons. The summed E-state index contributed by atoms with van der Waals surface area (Å²) in [4.78, 5) is 0. The van der Waals surface area contributed by atoms with E-state index in [-0.39, 0.29) is 15.6 Å². The summed E-state index contributed by atoms with van der Waals surface area (Å²) in [6.45, 7) is 0. The van der Waals surface area contributed by atoms with Crippen LogP contribution in [-0.4, -0.2) is 6.36 Å². The molecule has 0 unspecified atom stereocenters. The van der Waals surface area contributed by atoms with Crippen LogP contribution in [-0.2, 0) is 0 Å². The molecule has 2 aromatic carbocycles. The van der Waals surface area contributed by atoms with Gasteiger partial charge < -0.3 is 10.5 Å². The highest BCUT2D eigenvalue weighted by Crippen LogP contribution is 2.29. The molecule has 2 rings (SSSR count). The summed E-state index contributed by atoms with van der Waals surface area (Å²) in [6.07, 6.45) is -4.81. The number of halogens is 6. The third-order valence-electron chi connectivity index (χ3n) is 2.83. The standard InChI is InChI=1S/C14H9BrF5NO/c15-8-5-10(16)12(11(17)6-8)13(21)7-1-3-9(4-2-7)22-14(18,19)20/h1-6,13H,21H2/t13-/m1/s1. The summed E-state index contributed by atoms with van der Waals surface area (Å²) in [6, 6.07) is 5.43. The van der Waals surface area contributed by atoms with E-state index in [4.69, 9.17) is 5.73 Å². The lowest BCUT2D eigenvalue weighted by Gasteiger charge is -2.16. The van der Waals surface area contributed by atoms with Crippen molar-refractivity contribution in [2.75, 3.05) is 0 Å². The topological polar surface area (TPSA) is 35.2 Å². The van der Waals surface area contributed by atoms with E-state index in [1.807, 2.05) is 0 Å². The maximum Gasteiger partial charge on any atom is 0.573 e.